The van der Waals surface area contributed by atoms with E-state index >= 15 is 0 Å². The van der Waals surface area contributed by atoms with E-state index < -0.39 is 17.3 Å². The standard InChI is InChI=1S/C15H13F3N4OS/c1-3-24-14-19-10-12(22(14)2)20-11(21-13(10)23)8-6-4-5-7-9(8)15(16,17)18/h4-7H,3H2,1-2H3,(H,20,21,23). The zero-order valence-corrected chi connectivity index (χ0v) is 13.6. The Hall–Kier alpha value is -2.29. The van der Waals surface area contributed by atoms with Gasteiger partial charge in [-0.25, -0.2) is 9.97 Å². The van der Waals surface area contributed by atoms with Crippen LogP contribution in [0.25, 0.3) is 22.6 Å². The van der Waals surface area contributed by atoms with E-state index in [0.717, 1.165) is 11.8 Å². The highest BCUT2D eigenvalue weighted by atomic mass is 32.2. The smallest absolute Gasteiger partial charge is 0.307 e. The third-order valence-corrected chi connectivity index (χ3v) is 4.36. The van der Waals surface area contributed by atoms with Crippen LogP contribution in [-0.2, 0) is 13.2 Å². The Labute approximate surface area is 138 Å². The van der Waals surface area contributed by atoms with Gasteiger partial charge in [0, 0.05) is 12.6 Å². The molecule has 0 aliphatic rings. The fraction of sp³-hybridized carbons (Fsp3) is 0.267. The molecule has 1 aromatic carbocycles. The second kappa shape index (κ2) is 5.97. The summed E-state index contributed by atoms with van der Waals surface area (Å²) in [6.45, 7) is 1.94. The number of aryl methyl sites for hydroxylation is 1. The summed E-state index contributed by atoms with van der Waals surface area (Å²) in [5.74, 6) is 0.621. The van der Waals surface area contributed by atoms with Crippen LogP contribution in [-0.4, -0.2) is 25.3 Å². The lowest BCUT2D eigenvalue weighted by molar-refractivity contribution is -0.137. The normalized spacial score (nSPS) is 12.0. The Morgan fingerprint density at radius 2 is 1.96 bits per heavy atom. The molecule has 0 amide bonds. The van der Waals surface area contributed by atoms with Crippen molar-refractivity contribution in [2.45, 2.75) is 18.3 Å². The number of nitrogens with one attached hydrogen (secondary N) is 1. The summed E-state index contributed by atoms with van der Waals surface area (Å²) in [7, 11) is 1.68. The van der Waals surface area contributed by atoms with Gasteiger partial charge in [0.2, 0.25) is 0 Å². The van der Waals surface area contributed by atoms with Crippen molar-refractivity contribution < 1.29 is 13.2 Å². The van der Waals surface area contributed by atoms with E-state index in [1.54, 1.807) is 11.6 Å². The molecule has 0 aliphatic heterocycles. The molecule has 3 rings (SSSR count). The van der Waals surface area contributed by atoms with Crippen LogP contribution in [0.4, 0.5) is 13.2 Å². The van der Waals surface area contributed by atoms with Crippen LogP contribution in [0.15, 0.2) is 34.2 Å². The number of hydrogen-bond acceptors (Lipinski definition) is 4. The van der Waals surface area contributed by atoms with Gasteiger partial charge in [-0.1, -0.05) is 36.9 Å². The van der Waals surface area contributed by atoms with Crippen LogP contribution >= 0.6 is 11.8 Å². The van der Waals surface area contributed by atoms with E-state index in [1.807, 2.05) is 6.92 Å². The van der Waals surface area contributed by atoms with Gasteiger partial charge in [-0.3, -0.25) is 4.79 Å². The highest BCUT2D eigenvalue weighted by molar-refractivity contribution is 7.99. The molecule has 0 spiro atoms. The number of fused-ring (bicyclic) bond motifs is 1. The fourth-order valence-corrected chi connectivity index (χ4v) is 3.07. The molecule has 0 aliphatic carbocycles. The van der Waals surface area contributed by atoms with E-state index in [4.69, 9.17) is 0 Å². The maximum absolute atomic E-state index is 13.2. The number of halogens is 3. The van der Waals surface area contributed by atoms with Crippen molar-refractivity contribution in [1.29, 1.82) is 0 Å². The van der Waals surface area contributed by atoms with Crippen molar-refractivity contribution in [1.82, 2.24) is 19.5 Å². The Kier molecular flexibility index (Phi) is 4.12. The van der Waals surface area contributed by atoms with Gasteiger partial charge in [-0.15, -0.1) is 0 Å². The van der Waals surface area contributed by atoms with Crippen molar-refractivity contribution >= 4 is 22.9 Å². The van der Waals surface area contributed by atoms with E-state index in [9.17, 15) is 18.0 Å². The first kappa shape index (κ1) is 16.6. The summed E-state index contributed by atoms with van der Waals surface area (Å²) in [6, 6.07) is 5.01. The molecule has 24 heavy (non-hydrogen) atoms. The van der Waals surface area contributed by atoms with Crippen molar-refractivity contribution in [2.75, 3.05) is 5.75 Å². The monoisotopic (exact) mass is 354 g/mol. The van der Waals surface area contributed by atoms with Crippen LogP contribution in [0.1, 0.15) is 12.5 Å². The lowest BCUT2D eigenvalue weighted by Crippen LogP contribution is -2.13. The molecule has 0 unspecified atom stereocenters. The molecule has 2 heterocycles. The Morgan fingerprint density at radius 1 is 1.25 bits per heavy atom. The number of rotatable bonds is 3. The van der Waals surface area contributed by atoms with Gasteiger partial charge in [-0.05, 0) is 11.8 Å². The van der Waals surface area contributed by atoms with Gasteiger partial charge in [0.05, 0.1) is 5.56 Å². The molecule has 0 atom stereocenters. The molecule has 0 bridgehead atoms. The summed E-state index contributed by atoms with van der Waals surface area (Å²) < 4.78 is 41.2. The number of aromatic amines is 1. The van der Waals surface area contributed by atoms with Crippen LogP contribution in [0.2, 0.25) is 0 Å². The number of H-pyrrole nitrogens is 1. The van der Waals surface area contributed by atoms with Crippen LogP contribution in [0, 0.1) is 0 Å². The molecular weight excluding hydrogens is 341 g/mol. The fourth-order valence-electron chi connectivity index (χ4n) is 2.37. The van der Waals surface area contributed by atoms with Crippen molar-refractivity contribution in [3.8, 4) is 11.4 Å². The number of alkyl halides is 3. The van der Waals surface area contributed by atoms with E-state index in [2.05, 4.69) is 15.0 Å². The third-order valence-electron chi connectivity index (χ3n) is 3.45. The molecular formula is C15H13F3N4OS. The first-order chi connectivity index (χ1) is 11.3. The molecule has 5 nitrogen and oxygen atoms in total. The highest BCUT2D eigenvalue weighted by Crippen LogP contribution is 2.35. The minimum Gasteiger partial charge on any atom is -0.307 e. The third kappa shape index (κ3) is 2.79. The summed E-state index contributed by atoms with van der Waals surface area (Å²) in [5.41, 5.74) is -1.22. The molecule has 0 saturated carbocycles. The zero-order valence-electron chi connectivity index (χ0n) is 12.8. The number of hydrogen-bond donors (Lipinski definition) is 1. The van der Waals surface area contributed by atoms with Crippen molar-refractivity contribution in [3.63, 3.8) is 0 Å². The molecule has 3 aromatic rings. The quantitative estimate of drug-likeness (QED) is 0.732. The Balaban J connectivity index is 2.26. The number of aromatic nitrogens is 4. The largest absolute Gasteiger partial charge is 0.417 e. The van der Waals surface area contributed by atoms with Crippen molar-refractivity contribution in [2.24, 2.45) is 7.05 Å². The molecule has 1 N–H and O–H groups in total. The van der Waals surface area contributed by atoms with E-state index in [0.29, 0.717) is 5.16 Å². The number of benzene rings is 1. The van der Waals surface area contributed by atoms with Crippen LogP contribution < -0.4 is 5.56 Å². The lowest BCUT2D eigenvalue weighted by Gasteiger charge is -2.11. The summed E-state index contributed by atoms with van der Waals surface area (Å²) in [4.78, 5) is 23.1. The minimum atomic E-state index is -4.54. The zero-order chi connectivity index (χ0) is 17.5. The molecule has 2 aromatic heterocycles. The highest BCUT2D eigenvalue weighted by Gasteiger charge is 2.34. The van der Waals surface area contributed by atoms with Crippen molar-refractivity contribution in [3.05, 3.63) is 40.2 Å². The Morgan fingerprint density at radius 3 is 2.62 bits per heavy atom. The predicted octanol–water partition coefficient (Wildman–Crippen LogP) is 3.45. The van der Waals surface area contributed by atoms with Gasteiger partial charge in [0.15, 0.2) is 16.3 Å². The van der Waals surface area contributed by atoms with Gasteiger partial charge in [0.25, 0.3) is 5.56 Å². The second-order valence-corrected chi connectivity index (χ2v) is 6.25. The average Bonchev–Trinajstić information content (AvgIpc) is 2.84. The minimum absolute atomic E-state index is 0.113. The summed E-state index contributed by atoms with van der Waals surface area (Å²) in [6.07, 6.45) is -4.54. The average molecular weight is 354 g/mol. The lowest BCUT2D eigenvalue weighted by atomic mass is 10.1. The Bertz CT molecular complexity index is 961. The van der Waals surface area contributed by atoms with Crippen LogP contribution in [0.3, 0.4) is 0 Å². The molecule has 0 saturated heterocycles. The SMILES string of the molecule is CCSc1nc2c(=O)[nH]c(-c3ccccc3C(F)(F)F)nc2n1C. The van der Waals surface area contributed by atoms with Gasteiger partial charge in [-0.2, -0.15) is 13.2 Å². The van der Waals surface area contributed by atoms with Gasteiger partial charge < -0.3 is 9.55 Å². The molecule has 9 heteroatoms. The van der Waals surface area contributed by atoms with E-state index in [1.165, 1.54) is 30.0 Å². The maximum Gasteiger partial charge on any atom is 0.417 e. The first-order valence-electron chi connectivity index (χ1n) is 7.09. The van der Waals surface area contributed by atoms with Gasteiger partial charge in [0.1, 0.15) is 5.82 Å². The molecule has 0 radical (unpaired) electrons. The number of thioether (sulfide) groups is 1. The van der Waals surface area contributed by atoms with E-state index in [-0.39, 0.29) is 22.6 Å². The predicted molar refractivity (Wildman–Crippen MR) is 86.0 cm³/mol. The van der Waals surface area contributed by atoms with Crippen LogP contribution in [0.5, 0.6) is 0 Å². The molecule has 126 valence electrons. The van der Waals surface area contributed by atoms with Gasteiger partial charge >= 0.3 is 6.18 Å². The maximum atomic E-state index is 13.2. The summed E-state index contributed by atoms with van der Waals surface area (Å²) >= 11 is 1.42. The first-order valence-corrected chi connectivity index (χ1v) is 8.07. The number of nitrogens with zero attached hydrogens (tertiary/aromatic N) is 3. The number of imidazole rings is 1. The topological polar surface area (TPSA) is 63.6 Å². The second-order valence-electron chi connectivity index (χ2n) is 5.02. The summed E-state index contributed by atoms with van der Waals surface area (Å²) in [5, 5.41) is 0.590. The molecule has 0 fully saturated rings.